The summed E-state index contributed by atoms with van der Waals surface area (Å²) >= 11 is 1.55. The Bertz CT molecular complexity index is 463. The zero-order chi connectivity index (χ0) is 13.5. The summed E-state index contributed by atoms with van der Waals surface area (Å²) in [7, 11) is 3.15. The van der Waals surface area contributed by atoms with Crippen LogP contribution in [0.15, 0.2) is 22.1 Å². The first-order valence-electron chi connectivity index (χ1n) is 5.01. The van der Waals surface area contributed by atoms with Gasteiger partial charge in [0.25, 0.3) is 0 Å². The van der Waals surface area contributed by atoms with Crippen LogP contribution in [-0.2, 0) is 0 Å². The van der Waals surface area contributed by atoms with Gasteiger partial charge in [0.1, 0.15) is 11.5 Å². The molecule has 7 heteroatoms. The van der Waals surface area contributed by atoms with Gasteiger partial charge in [0.15, 0.2) is 0 Å². The van der Waals surface area contributed by atoms with Gasteiger partial charge in [0.2, 0.25) is 0 Å². The number of methoxy groups -OCH3 is 2. The van der Waals surface area contributed by atoms with Crippen molar-refractivity contribution in [2.45, 2.75) is 4.90 Å². The summed E-state index contributed by atoms with van der Waals surface area (Å²) in [6.07, 6.45) is 3.38. The van der Waals surface area contributed by atoms with E-state index in [0.717, 1.165) is 4.90 Å². The molecule has 0 bridgehead atoms. The molecule has 98 valence electrons. The number of nitrogens with two attached hydrogens (primary N) is 1. The fourth-order valence-corrected chi connectivity index (χ4v) is 1.89. The number of primary amides is 1. The highest BCUT2D eigenvalue weighted by Crippen LogP contribution is 2.33. The molecule has 0 aromatic heterocycles. The van der Waals surface area contributed by atoms with Crippen LogP contribution in [0, 0.1) is 0 Å². The average molecular weight is 269 g/mol. The first kappa shape index (κ1) is 14.2. The second kappa shape index (κ2) is 6.75. The maximum absolute atomic E-state index is 10.5. The zero-order valence-corrected chi connectivity index (χ0v) is 11.2. The predicted octanol–water partition coefficient (Wildman–Crippen LogP) is 1.43. The van der Waals surface area contributed by atoms with Gasteiger partial charge in [-0.1, -0.05) is 0 Å². The third kappa shape index (κ3) is 3.56. The van der Waals surface area contributed by atoms with Crippen molar-refractivity contribution in [1.82, 2.24) is 5.43 Å². The van der Waals surface area contributed by atoms with Gasteiger partial charge in [0, 0.05) is 5.56 Å². The molecule has 0 aliphatic heterocycles. The fourth-order valence-electron chi connectivity index (χ4n) is 1.32. The highest BCUT2D eigenvalue weighted by atomic mass is 32.2. The number of benzene rings is 1. The molecule has 0 fully saturated rings. The van der Waals surface area contributed by atoms with E-state index in [1.54, 1.807) is 32.0 Å². The molecular formula is C11H15N3O3S. The number of carbonyl (C=O) groups is 1. The van der Waals surface area contributed by atoms with Crippen LogP contribution < -0.4 is 20.6 Å². The molecule has 0 aliphatic carbocycles. The molecule has 0 radical (unpaired) electrons. The molecule has 18 heavy (non-hydrogen) atoms. The van der Waals surface area contributed by atoms with Crippen molar-refractivity contribution >= 4 is 24.0 Å². The molecule has 0 atom stereocenters. The van der Waals surface area contributed by atoms with Crippen LogP contribution in [0.5, 0.6) is 11.5 Å². The SMILES string of the molecule is COc1cc(SC)c(OC)cc1C=NNC(N)=O. The third-order valence-corrected chi connectivity index (χ3v) is 2.87. The lowest BCUT2D eigenvalue weighted by Gasteiger charge is -2.11. The van der Waals surface area contributed by atoms with E-state index in [0.29, 0.717) is 17.1 Å². The van der Waals surface area contributed by atoms with Gasteiger partial charge in [-0.05, 0) is 18.4 Å². The minimum absolute atomic E-state index is 0.634. The predicted molar refractivity (Wildman–Crippen MR) is 71.6 cm³/mol. The van der Waals surface area contributed by atoms with E-state index in [1.807, 2.05) is 12.3 Å². The smallest absolute Gasteiger partial charge is 0.332 e. The summed E-state index contributed by atoms with van der Waals surface area (Å²) < 4.78 is 10.5. The maximum Gasteiger partial charge on any atom is 0.332 e. The minimum atomic E-state index is -0.724. The van der Waals surface area contributed by atoms with Crippen molar-refractivity contribution in [3.05, 3.63) is 17.7 Å². The summed E-state index contributed by atoms with van der Waals surface area (Å²) in [4.78, 5) is 11.5. The number of nitrogens with zero attached hydrogens (tertiary/aromatic N) is 1. The maximum atomic E-state index is 10.5. The minimum Gasteiger partial charge on any atom is -0.496 e. The van der Waals surface area contributed by atoms with Gasteiger partial charge in [-0.2, -0.15) is 5.10 Å². The lowest BCUT2D eigenvalue weighted by atomic mass is 10.2. The van der Waals surface area contributed by atoms with Gasteiger partial charge < -0.3 is 15.2 Å². The average Bonchev–Trinajstić information content (AvgIpc) is 2.37. The molecule has 1 aromatic carbocycles. The number of ether oxygens (including phenoxy) is 2. The molecule has 0 spiro atoms. The second-order valence-corrected chi connectivity index (χ2v) is 4.03. The Hall–Kier alpha value is -1.89. The van der Waals surface area contributed by atoms with Crippen LogP contribution in [-0.4, -0.2) is 32.7 Å². The summed E-state index contributed by atoms with van der Waals surface area (Å²) in [5.41, 5.74) is 7.71. The molecule has 0 saturated heterocycles. The monoisotopic (exact) mass is 269 g/mol. The number of hydrazone groups is 1. The van der Waals surface area contributed by atoms with Crippen LogP contribution in [0.2, 0.25) is 0 Å². The highest BCUT2D eigenvalue weighted by Gasteiger charge is 2.09. The molecule has 0 heterocycles. The van der Waals surface area contributed by atoms with E-state index in [1.165, 1.54) is 6.21 Å². The lowest BCUT2D eigenvalue weighted by molar-refractivity contribution is 0.249. The molecule has 2 amide bonds. The van der Waals surface area contributed by atoms with Crippen molar-refractivity contribution in [3.8, 4) is 11.5 Å². The molecule has 1 rings (SSSR count). The van der Waals surface area contributed by atoms with Gasteiger partial charge in [-0.25, -0.2) is 10.2 Å². The van der Waals surface area contributed by atoms with E-state index in [-0.39, 0.29) is 0 Å². The van der Waals surface area contributed by atoms with Crippen molar-refractivity contribution < 1.29 is 14.3 Å². The van der Waals surface area contributed by atoms with Crippen LogP contribution in [0.4, 0.5) is 4.79 Å². The van der Waals surface area contributed by atoms with Crippen molar-refractivity contribution in [2.75, 3.05) is 20.5 Å². The standard InChI is InChI=1S/C11H15N3O3S/c1-16-8-5-10(18-3)9(17-2)4-7(8)6-13-14-11(12)15/h4-6H,1-3H3,(H3,12,14,15). The summed E-state index contributed by atoms with van der Waals surface area (Å²) in [6, 6.07) is 2.89. The van der Waals surface area contributed by atoms with E-state index in [4.69, 9.17) is 15.2 Å². The van der Waals surface area contributed by atoms with Crippen molar-refractivity contribution in [3.63, 3.8) is 0 Å². The quantitative estimate of drug-likeness (QED) is 0.481. The number of rotatable bonds is 5. The number of amides is 2. The number of hydrogen-bond acceptors (Lipinski definition) is 5. The summed E-state index contributed by atoms with van der Waals surface area (Å²) in [5.74, 6) is 1.35. The largest absolute Gasteiger partial charge is 0.496 e. The van der Waals surface area contributed by atoms with E-state index < -0.39 is 6.03 Å². The normalized spacial score (nSPS) is 10.4. The highest BCUT2D eigenvalue weighted by molar-refractivity contribution is 7.98. The number of urea groups is 1. The Morgan fingerprint density at radius 2 is 2.06 bits per heavy atom. The lowest BCUT2D eigenvalue weighted by Crippen LogP contribution is -2.24. The van der Waals surface area contributed by atoms with E-state index in [2.05, 4.69) is 10.5 Å². The van der Waals surface area contributed by atoms with E-state index >= 15 is 0 Å². The van der Waals surface area contributed by atoms with Crippen molar-refractivity contribution in [1.29, 1.82) is 0 Å². The third-order valence-electron chi connectivity index (χ3n) is 2.11. The fraction of sp³-hybridized carbons (Fsp3) is 0.273. The Labute approximate surface area is 110 Å². The number of nitrogens with one attached hydrogen (secondary N) is 1. The molecule has 1 aromatic rings. The van der Waals surface area contributed by atoms with Crippen molar-refractivity contribution in [2.24, 2.45) is 10.8 Å². The molecule has 0 aliphatic rings. The molecular weight excluding hydrogens is 254 g/mol. The Morgan fingerprint density at radius 1 is 1.39 bits per heavy atom. The molecule has 0 unspecified atom stereocenters. The van der Waals surface area contributed by atoms with Crippen LogP contribution >= 0.6 is 11.8 Å². The number of carbonyl (C=O) groups excluding carboxylic acids is 1. The Kier molecular flexibility index (Phi) is 5.31. The summed E-state index contributed by atoms with van der Waals surface area (Å²) in [6.45, 7) is 0. The topological polar surface area (TPSA) is 85.9 Å². The van der Waals surface area contributed by atoms with Crippen LogP contribution in [0.25, 0.3) is 0 Å². The van der Waals surface area contributed by atoms with Gasteiger partial charge in [-0.3, -0.25) is 0 Å². The zero-order valence-electron chi connectivity index (χ0n) is 10.4. The molecule has 6 nitrogen and oxygen atoms in total. The van der Waals surface area contributed by atoms with Gasteiger partial charge >= 0.3 is 6.03 Å². The van der Waals surface area contributed by atoms with Crippen LogP contribution in [0.3, 0.4) is 0 Å². The van der Waals surface area contributed by atoms with Crippen LogP contribution in [0.1, 0.15) is 5.56 Å². The Balaban J connectivity index is 3.09. The first-order valence-corrected chi connectivity index (χ1v) is 6.23. The molecule has 3 N–H and O–H groups in total. The molecule has 0 saturated carbocycles. The number of thioether (sulfide) groups is 1. The van der Waals surface area contributed by atoms with E-state index in [9.17, 15) is 4.79 Å². The Morgan fingerprint density at radius 3 is 2.56 bits per heavy atom. The first-order chi connectivity index (χ1) is 8.62. The van der Waals surface area contributed by atoms with Gasteiger partial charge in [0.05, 0.1) is 25.3 Å². The van der Waals surface area contributed by atoms with Gasteiger partial charge in [-0.15, -0.1) is 11.8 Å². The summed E-state index contributed by atoms with van der Waals surface area (Å²) in [5, 5.41) is 3.69. The number of hydrogen-bond donors (Lipinski definition) is 2. The second-order valence-electron chi connectivity index (χ2n) is 3.18.